The van der Waals surface area contributed by atoms with Crippen molar-refractivity contribution in [1.82, 2.24) is 0 Å². The van der Waals surface area contributed by atoms with Gasteiger partial charge in [0.15, 0.2) is 0 Å². The molecule has 210 valence electrons. The van der Waals surface area contributed by atoms with Gasteiger partial charge in [-0.05, 0) is 114 Å². The van der Waals surface area contributed by atoms with E-state index in [9.17, 15) is 15.3 Å². The topological polar surface area (TPSA) is 60.7 Å². The fourth-order valence-corrected chi connectivity index (χ4v) is 10.2. The molecule has 0 amide bonds. The second-order valence-electron chi connectivity index (χ2n) is 14.1. The predicted octanol–water partition coefficient (Wildman–Crippen LogP) is 7.11. The molecule has 4 saturated carbocycles. The Balaban J connectivity index is 1.26. The molecule has 3 N–H and O–H groups in total. The van der Waals surface area contributed by atoms with Crippen LogP contribution in [0.15, 0.2) is 66.7 Å². The van der Waals surface area contributed by atoms with Crippen LogP contribution in [-0.4, -0.2) is 33.6 Å². The second-order valence-corrected chi connectivity index (χ2v) is 14.1. The Hall–Kier alpha value is -1.94. The first-order valence-electron chi connectivity index (χ1n) is 15.6. The van der Waals surface area contributed by atoms with Gasteiger partial charge in [-0.15, -0.1) is 0 Å². The largest absolute Gasteiger partial charge is 0.393 e. The SMILES string of the molecule is C[C@@H](CC=C(c1ccccc1)c1ccccc1)[C@H]1CC[C@H]2[C@@H]3[C@H](O)C[C@@H]4C[C@H](O)CC[C@]4(C)[C@H]3C[C@H](O)[C@]12C. The Morgan fingerprint density at radius 1 is 0.846 bits per heavy atom. The third-order valence-electron chi connectivity index (χ3n) is 12.4. The molecule has 2 aromatic rings. The van der Waals surface area contributed by atoms with Crippen LogP contribution in [0.2, 0.25) is 0 Å². The van der Waals surface area contributed by atoms with Gasteiger partial charge in [0.2, 0.25) is 0 Å². The number of allylic oxidation sites excluding steroid dienone is 1. The average molecular weight is 529 g/mol. The van der Waals surface area contributed by atoms with Crippen LogP contribution in [0.25, 0.3) is 5.57 Å². The summed E-state index contributed by atoms with van der Waals surface area (Å²) < 4.78 is 0. The molecule has 4 aliphatic carbocycles. The molecule has 0 saturated heterocycles. The van der Waals surface area contributed by atoms with Gasteiger partial charge in [0.25, 0.3) is 0 Å². The number of hydrogen-bond acceptors (Lipinski definition) is 3. The summed E-state index contributed by atoms with van der Waals surface area (Å²) in [5.41, 5.74) is 3.74. The summed E-state index contributed by atoms with van der Waals surface area (Å²) in [7, 11) is 0. The fourth-order valence-electron chi connectivity index (χ4n) is 10.2. The van der Waals surface area contributed by atoms with Gasteiger partial charge in [0, 0.05) is 0 Å². The minimum atomic E-state index is -0.333. The summed E-state index contributed by atoms with van der Waals surface area (Å²) >= 11 is 0. The first-order chi connectivity index (χ1) is 18.7. The van der Waals surface area contributed by atoms with E-state index >= 15 is 0 Å². The Morgan fingerprint density at radius 2 is 1.49 bits per heavy atom. The van der Waals surface area contributed by atoms with Crippen molar-refractivity contribution in [1.29, 1.82) is 0 Å². The van der Waals surface area contributed by atoms with Gasteiger partial charge in [-0.2, -0.15) is 0 Å². The van der Waals surface area contributed by atoms with Crippen LogP contribution in [-0.2, 0) is 0 Å². The summed E-state index contributed by atoms with van der Waals surface area (Å²) in [6.45, 7) is 7.16. The summed E-state index contributed by atoms with van der Waals surface area (Å²) in [5.74, 6) is 2.24. The molecule has 0 aromatic heterocycles. The van der Waals surface area contributed by atoms with E-state index in [1.807, 2.05) is 0 Å². The zero-order valence-electron chi connectivity index (χ0n) is 24.0. The van der Waals surface area contributed by atoms with Gasteiger partial charge in [-0.25, -0.2) is 0 Å². The second kappa shape index (κ2) is 10.5. The van der Waals surface area contributed by atoms with Crippen molar-refractivity contribution in [2.75, 3.05) is 0 Å². The third-order valence-corrected chi connectivity index (χ3v) is 12.4. The zero-order valence-corrected chi connectivity index (χ0v) is 24.0. The number of fused-ring (bicyclic) bond motifs is 5. The third kappa shape index (κ3) is 4.53. The van der Waals surface area contributed by atoms with E-state index in [1.54, 1.807) is 0 Å². The van der Waals surface area contributed by atoms with E-state index in [1.165, 1.54) is 16.7 Å². The van der Waals surface area contributed by atoms with Crippen LogP contribution in [0.3, 0.4) is 0 Å². The lowest BCUT2D eigenvalue weighted by Gasteiger charge is -2.63. The maximum atomic E-state index is 11.9. The van der Waals surface area contributed by atoms with Gasteiger partial charge in [-0.1, -0.05) is 87.5 Å². The number of aliphatic hydroxyl groups is 3. The number of aliphatic hydroxyl groups excluding tert-OH is 3. The van der Waals surface area contributed by atoms with Gasteiger partial charge in [-0.3, -0.25) is 0 Å². The molecule has 0 bridgehead atoms. The molecule has 11 atom stereocenters. The van der Waals surface area contributed by atoms with Gasteiger partial charge in [0.05, 0.1) is 18.3 Å². The van der Waals surface area contributed by atoms with Crippen LogP contribution in [0.5, 0.6) is 0 Å². The highest BCUT2D eigenvalue weighted by molar-refractivity contribution is 5.79. The number of hydrogen-bond donors (Lipinski definition) is 3. The summed E-state index contributed by atoms with van der Waals surface area (Å²) in [5, 5.41) is 33.9. The molecule has 2 aromatic carbocycles. The average Bonchev–Trinajstić information content (AvgIpc) is 3.30. The summed E-state index contributed by atoms with van der Waals surface area (Å²) in [4.78, 5) is 0. The zero-order chi connectivity index (χ0) is 27.4. The smallest absolute Gasteiger partial charge is 0.0602 e. The first kappa shape index (κ1) is 27.2. The fraction of sp³-hybridized carbons (Fsp3) is 0.611. The van der Waals surface area contributed by atoms with Gasteiger partial charge >= 0.3 is 0 Å². The lowest BCUT2D eigenvalue weighted by Crippen LogP contribution is -2.62. The lowest BCUT2D eigenvalue weighted by molar-refractivity contribution is -0.206. The van der Waals surface area contributed by atoms with Crippen LogP contribution < -0.4 is 0 Å². The van der Waals surface area contributed by atoms with Crippen molar-refractivity contribution in [3.8, 4) is 0 Å². The van der Waals surface area contributed by atoms with E-state index in [2.05, 4.69) is 87.5 Å². The van der Waals surface area contributed by atoms with Crippen molar-refractivity contribution >= 4 is 5.57 Å². The maximum absolute atomic E-state index is 11.9. The lowest BCUT2D eigenvalue weighted by atomic mass is 9.43. The molecule has 3 heteroatoms. The van der Waals surface area contributed by atoms with E-state index in [0.29, 0.717) is 29.6 Å². The molecule has 0 heterocycles. The highest BCUT2D eigenvalue weighted by atomic mass is 16.3. The number of rotatable bonds is 5. The van der Waals surface area contributed by atoms with Crippen LogP contribution in [0, 0.1) is 46.3 Å². The molecule has 0 aliphatic heterocycles. The molecule has 0 spiro atoms. The van der Waals surface area contributed by atoms with Crippen molar-refractivity contribution in [2.24, 2.45) is 46.3 Å². The van der Waals surface area contributed by atoms with E-state index in [4.69, 9.17) is 0 Å². The Morgan fingerprint density at radius 3 is 2.13 bits per heavy atom. The van der Waals surface area contributed by atoms with Crippen LogP contribution >= 0.6 is 0 Å². The van der Waals surface area contributed by atoms with Gasteiger partial charge in [0.1, 0.15) is 0 Å². The highest BCUT2D eigenvalue weighted by Crippen LogP contribution is 2.68. The molecule has 4 fully saturated rings. The summed E-state index contributed by atoms with van der Waals surface area (Å²) in [6.07, 6.45) is 9.09. The molecular formula is C36H48O3. The van der Waals surface area contributed by atoms with Crippen molar-refractivity contribution in [2.45, 2.75) is 90.4 Å². The monoisotopic (exact) mass is 528 g/mol. The molecule has 0 radical (unpaired) electrons. The Kier molecular flexibility index (Phi) is 7.31. The minimum absolute atomic E-state index is 0.123. The van der Waals surface area contributed by atoms with Crippen LogP contribution in [0.4, 0.5) is 0 Å². The van der Waals surface area contributed by atoms with Gasteiger partial charge < -0.3 is 15.3 Å². The highest BCUT2D eigenvalue weighted by Gasteiger charge is 2.65. The Bertz CT molecular complexity index is 1120. The molecule has 39 heavy (non-hydrogen) atoms. The quantitative estimate of drug-likeness (QED) is 0.388. The minimum Gasteiger partial charge on any atom is -0.393 e. The molecule has 6 rings (SSSR count). The van der Waals surface area contributed by atoms with Crippen molar-refractivity contribution in [3.05, 3.63) is 77.9 Å². The molecular weight excluding hydrogens is 480 g/mol. The maximum Gasteiger partial charge on any atom is 0.0602 e. The normalized spacial score (nSPS) is 42.1. The van der Waals surface area contributed by atoms with Crippen LogP contribution in [0.1, 0.15) is 83.3 Å². The number of benzene rings is 2. The predicted molar refractivity (Wildman–Crippen MR) is 158 cm³/mol. The standard InChI is InChI=1S/C36H48O3/c1-23(14-15-28(24-10-6-4-7-11-24)25-12-8-5-9-13-25)29-16-17-30-34-31(22-33(39)36(29,30)3)35(2)19-18-27(37)20-26(35)21-32(34)38/h4-13,15,23,26-27,29-34,37-39H,14,16-22H2,1-3H3/t23-,26-,27+,29+,30-,31-,32+,33-,34-,35-,36+/m0/s1. The Labute approximate surface area is 235 Å². The molecule has 3 nitrogen and oxygen atoms in total. The van der Waals surface area contributed by atoms with E-state index in [0.717, 1.165) is 51.4 Å². The van der Waals surface area contributed by atoms with E-state index in [-0.39, 0.29) is 35.1 Å². The van der Waals surface area contributed by atoms with Crippen molar-refractivity contribution < 1.29 is 15.3 Å². The molecule has 4 aliphatic rings. The van der Waals surface area contributed by atoms with Crippen molar-refractivity contribution in [3.63, 3.8) is 0 Å². The summed E-state index contributed by atoms with van der Waals surface area (Å²) in [6, 6.07) is 21.4. The first-order valence-corrected chi connectivity index (χ1v) is 15.6. The van der Waals surface area contributed by atoms with E-state index < -0.39 is 0 Å². The molecule has 0 unspecified atom stereocenters.